The van der Waals surface area contributed by atoms with E-state index in [-0.39, 0.29) is 5.41 Å². The summed E-state index contributed by atoms with van der Waals surface area (Å²) in [6, 6.07) is 9.33. The van der Waals surface area contributed by atoms with Crippen molar-refractivity contribution in [2.24, 2.45) is 0 Å². The van der Waals surface area contributed by atoms with Crippen LogP contribution in [0.4, 0.5) is 5.69 Å². The van der Waals surface area contributed by atoms with Crippen LogP contribution in [0.3, 0.4) is 0 Å². The molecule has 1 saturated heterocycles. The van der Waals surface area contributed by atoms with Crippen LogP contribution in [0.1, 0.15) is 53.0 Å². The Morgan fingerprint density at radius 2 is 1.74 bits per heavy atom. The van der Waals surface area contributed by atoms with Crippen LogP contribution >= 0.6 is 0 Å². The van der Waals surface area contributed by atoms with Crippen LogP contribution in [-0.2, 0) is 10.2 Å². The highest BCUT2D eigenvalue weighted by atomic mass is 16.5. The summed E-state index contributed by atoms with van der Waals surface area (Å²) in [4.78, 5) is 0. The van der Waals surface area contributed by atoms with E-state index >= 15 is 0 Å². The molecule has 1 aliphatic heterocycles. The van der Waals surface area contributed by atoms with Crippen LogP contribution in [-0.4, -0.2) is 18.2 Å². The molecule has 2 atom stereocenters. The Labute approximate surface area is 117 Å². The van der Waals surface area contributed by atoms with Gasteiger partial charge in [-0.15, -0.1) is 0 Å². The molecule has 0 aliphatic carbocycles. The molecule has 1 N–H and O–H groups in total. The van der Waals surface area contributed by atoms with Crippen LogP contribution in [0.15, 0.2) is 24.3 Å². The Morgan fingerprint density at radius 3 is 2.32 bits per heavy atom. The molecule has 0 saturated carbocycles. The van der Waals surface area contributed by atoms with Gasteiger partial charge in [0.1, 0.15) is 0 Å². The van der Waals surface area contributed by atoms with Crippen LogP contribution in [0.25, 0.3) is 0 Å². The fourth-order valence-corrected chi connectivity index (χ4v) is 2.83. The molecule has 1 fully saturated rings. The highest BCUT2D eigenvalue weighted by molar-refractivity contribution is 5.48. The van der Waals surface area contributed by atoms with E-state index in [1.54, 1.807) is 0 Å². The number of nitrogens with one attached hydrogen (secondary N) is 1. The van der Waals surface area contributed by atoms with Crippen LogP contribution in [0.2, 0.25) is 0 Å². The number of hydrogen-bond donors (Lipinski definition) is 1. The maximum atomic E-state index is 5.79. The van der Waals surface area contributed by atoms with E-state index < -0.39 is 0 Å². The first kappa shape index (κ1) is 14.4. The molecular formula is C17H27NO. The summed E-state index contributed by atoms with van der Waals surface area (Å²) in [6.07, 6.45) is 2.88. The van der Waals surface area contributed by atoms with Crippen LogP contribution in [0.5, 0.6) is 0 Å². The van der Waals surface area contributed by atoms with Crippen molar-refractivity contribution >= 4 is 5.69 Å². The van der Waals surface area contributed by atoms with E-state index in [1.807, 2.05) is 0 Å². The Balaban J connectivity index is 2.07. The number of benzene rings is 1. The molecule has 0 aromatic heterocycles. The van der Waals surface area contributed by atoms with Crippen molar-refractivity contribution < 1.29 is 4.74 Å². The molecule has 2 nitrogen and oxygen atoms in total. The molecule has 0 bridgehead atoms. The molecule has 0 amide bonds. The zero-order chi connectivity index (χ0) is 14.0. The quantitative estimate of drug-likeness (QED) is 0.854. The topological polar surface area (TPSA) is 21.3 Å². The van der Waals surface area contributed by atoms with Crippen molar-refractivity contribution in [1.82, 2.24) is 0 Å². The summed E-state index contributed by atoms with van der Waals surface area (Å²) in [5.41, 5.74) is 2.82. The molecule has 2 rings (SSSR count). The fraction of sp³-hybridized carbons (Fsp3) is 0.647. The molecule has 1 aromatic rings. The van der Waals surface area contributed by atoms with Gasteiger partial charge in [-0.1, -0.05) is 32.9 Å². The van der Waals surface area contributed by atoms with Crippen molar-refractivity contribution in [2.75, 3.05) is 5.32 Å². The first-order valence-corrected chi connectivity index (χ1v) is 7.37. The van der Waals surface area contributed by atoms with Gasteiger partial charge in [-0.25, -0.2) is 0 Å². The number of ether oxygens (including phenoxy) is 1. The molecule has 0 spiro atoms. The molecule has 0 radical (unpaired) electrons. The van der Waals surface area contributed by atoms with Gasteiger partial charge < -0.3 is 10.1 Å². The largest absolute Gasteiger partial charge is 0.382 e. The third-order valence-electron chi connectivity index (χ3n) is 3.80. The molecule has 1 heterocycles. The number of rotatable bonds is 2. The van der Waals surface area contributed by atoms with Gasteiger partial charge in [0.15, 0.2) is 0 Å². The van der Waals surface area contributed by atoms with Crippen molar-refractivity contribution in [3.8, 4) is 0 Å². The molecular weight excluding hydrogens is 234 g/mol. The van der Waals surface area contributed by atoms with Gasteiger partial charge in [0, 0.05) is 11.7 Å². The van der Waals surface area contributed by atoms with Gasteiger partial charge in [0.25, 0.3) is 0 Å². The van der Waals surface area contributed by atoms with Gasteiger partial charge in [0.2, 0.25) is 0 Å². The Kier molecular flexibility index (Phi) is 4.19. The Bertz CT molecular complexity index is 412. The summed E-state index contributed by atoms with van der Waals surface area (Å²) < 4.78 is 5.79. The van der Waals surface area contributed by atoms with Gasteiger partial charge in [-0.3, -0.25) is 0 Å². The lowest BCUT2D eigenvalue weighted by molar-refractivity contribution is -0.0337. The first-order chi connectivity index (χ1) is 8.84. The summed E-state index contributed by atoms with van der Waals surface area (Å²) in [7, 11) is 0. The molecule has 19 heavy (non-hydrogen) atoms. The minimum Gasteiger partial charge on any atom is -0.382 e. The standard InChI is InChI=1S/C17H27NO/c1-12-9-16(10-13(2)19-12)18-15-8-6-7-14(11-15)17(3,4)5/h6-8,11-13,16,18H,9-10H2,1-5H3. The summed E-state index contributed by atoms with van der Waals surface area (Å²) in [5, 5.41) is 3.67. The van der Waals surface area contributed by atoms with E-state index in [0.29, 0.717) is 18.2 Å². The summed E-state index contributed by atoms with van der Waals surface area (Å²) in [5.74, 6) is 0. The smallest absolute Gasteiger partial charge is 0.0570 e. The van der Waals surface area contributed by atoms with E-state index in [4.69, 9.17) is 4.74 Å². The summed E-state index contributed by atoms with van der Waals surface area (Å²) in [6.45, 7) is 11.1. The van der Waals surface area contributed by atoms with Crippen molar-refractivity contribution in [1.29, 1.82) is 0 Å². The zero-order valence-electron chi connectivity index (χ0n) is 12.9. The average Bonchev–Trinajstić information content (AvgIpc) is 2.26. The van der Waals surface area contributed by atoms with Crippen molar-refractivity contribution in [3.05, 3.63) is 29.8 Å². The SMILES string of the molecule is CC1CC(Nc2cccc(C(C)(C)C)c2)CC(C)O1. The van der Waals surface area contributed by atoms with Gasteiger partial charge >= 0.3 is 0 Å². The minimum absolute atomic E-state index is 0.202. The molecule has 2 unspecified atom stereocenters. The number of hydrogen-bond acceptors (Lipinski definition) is 2. The maximum absolute atomic E-state index is 5.79. The van der Waals surface area contributed by atoms with Crippen LogP contribution < -0.4 is 5.32 Å². The van der Waals surface area contributed by atoms with E-state index in [1.165, 1.54) is 11.3 Å². The van der Waals surface area contributed by atoms with Gasteiger partial charge in [-0.2, -0.15) is 0 Å². The Morgan fingerprint density at radius 1 is 1.11 bits per heavy atom. The lowest BCUT2D eigenvalue weighted by atomic mass is 9.87. The molecule has 1 aliphatic rings. The van der Waals surface area contributed by atoms with Gasteiger partial charge in [0.05, 0.1) is 12.2 Å². The van der Waals surface area contributed by atoms with E-state index in [0.717, 1.165) is 12.8 Å². The second-order valence-electron chi connectivity index (χ2n) is 6.90. The van der Waals surface area contributed by atoms with Crippen molar-refractivity contribution in [2.45, 2.75) is 71.1 Å². The first-order valence-electron chi connectivity index (χ1n) is 7.37. The van der Waals surface area contributed by atoms with E-state index in [9.17, 15) is 0 Å². The minimum atomic E-state index is 0.202. The maximum Gasteiger partial charge on any atom is 0.0570 e. The lowest BCUT2D eigenvalue weighted by Gasteiger charge is -2.33. The average molecular weight is 261 g/mol. The highest BCUT2D eigenvalue weighted by Gasteiger charge is 2.24. The fourth-order valence-electron chi connectivity index (χ4n) is 2.83. The Hall–Kier alpha value is -1.02. The third-order valence-corrected chi connectivity index (χ3v) is 3.80. The second kappa shape index (κ2) is 5.54. The molecule has 1 aromatic carbocycles. The molecule has 106 valence electrons. The van der Waals surface area contributed by atoms with Crippen LogP contribution in [0, 0.1) is 0 Å². The van der Waals surface area contributed by atoms with Crippen molar-refractivity contribution in [3.63, 3.8) is 0 Å². The zero-order valence-corrected chi connectivity index (χ0v) is 12.9. The third kappa shape index (κ3) is 3.97. The lowest BCUT2D eigenvalue weighted by Crippen LogP contribution is -2.36. The summed E-state index contributed by atoms with van der Waals surface area (Å²) >= 11 is 0. The second-order valence-corrected chi connectivity index (χ2v) is 6.90. The van der Waals surface area contributed by atoms with E-state index in [2.05, 4.69) is 64.2 Å². The predicted molar refractivity (Wildman–Crippen MR) is 81.8 cm³/mol. The highest BCUT2D eigenvalue weighted by Crippen LogP contribution is 2.27. The number of anilines is 1. The monoisotopic (exact) mass is 261 g/mol. The normalized spacial score (nSPS) is 28.2. The van der Waals surface area contributed by atoms with Gasteiger partial charge in [-0.05, 0) is 49.8 Å². The predicted octanol–water partition coefficient (Wildman–Crippen LogP) is 4.35. The molecule has 2 heteroatoms.